The summed E-state index contributed by atoms with van der Waals surface area (Å²) in [5.41, 5.74) is -0.790. The van der Waals surface area contributed by atoms with E-state index < -0.39 is 5.60 Å². The summed E-state index contributed by atoms with van der Waals surface area (Å²) in [6.07, 6.45) is 2.63. The van der Waals surface area contributed by atoms with Crippen LogP contribution in [0.3, 0.4) is 0 Å². The number of hydrogen-bond acceptors (Lipinski definition) is 4. The Kier molecular flexibility index (Phi) is 4.01. The minimum Gasteiger partial charge on any atom is -0.388 e. The molecule has 2 fully saturated rings. The maximum atomic E-state index is 12.0. The third kappa shape index (κ3) is 3.18. The first-order valence-corrected chi connectivity index (χ1v) is 6.27. The molecule has 1 N–H and O–H groups in total. The van der Waals surface area contributed by atoms with E-state index in [-0.39, 0.29) is 12.0 Å². The standard InChI is InChI=1S/C12H21NO4/c1-13(11(14)10-3-2-6-17-10)9-12(15)4-7-16-8-5-12/h10,15H,2-9H2,1H3/t10-/m1/s1. The van der Waals surface area contributed by atoms with Gasteiger partial charge in [0.05, 0.1) is 5.60 Å². The summed E-state index contributed by atoms with van der Waals surface area (Å²) in [4.78, 5) is 13.6. The summed E-state index contributed by atoms with van der Waals surface area (Å²) in [6, 6.07) is 0. The van der Waals surface area contributed by atoms with E-state index in [4.69, 9.17) is 9.47 Å². The van der Waals surface area contributed by atoms with Crippen LogP contribution in [0.4, 0.5) is 0 Å². The fraction of sp³-hybridized carbons (Fsp3) is 0.917. The van der Waals surface area contributed by atoms with Crippen molar-refractivity contribution in [2.75, 3.05) is 33.4 Å². The molecule has 2 heterocycles. The van der Waals surface area contributed by atoms with Gasteiger partial charge in [-0.15, -0.1) is 0 Å². The molecule has 0 spiro atoms. The van der Waals surface area contributed by atoms with Gasteiger partial charge in [0.25, 0.3) is 5.91 Å². The molecule has 0 bridgehead atoms. The molecule has 0 aromatic heterocycles. The van der Waals surface area contributed by atoms with Gasteiger partial charge in [0.2, 0.25) is 0 Å². The number of amides is 1. The van der Waals surface area contributed by atoms with E-state index in [1.54, 1.807) is 11.9 Å². The molecule has 0 aromatic carbocycles. The first-order chi connectivity index (χ1) is 8.11. The molecule has 0 radical (unpaired) electrons. The highest BCUT2D eigenvalue weighted by Gasteiger charge is 2.34. The summed E-state index contributed by atoms with van der Waals surface area (Å²) >= 11 is 0. The lowest BCUT2D eigenvalue weighted by atomic mass is 9.94. The fourth-order valence-electron chi connectivity index (χ4n) is 2.45. The van der Waals surface area contributed by atoms with E-state index in [0.29, 0.717) is 39.2 Å². The molecule has 0 saturated carbocycles. The number of carbonyl (C=O) groups is 1. The van der Waals surface area contributed by atoms with Gasteiger partial charge in [-0.3, -0.25) is 4.79 Å². The molecule has 1 amide bonds. The van der Waals surface area contributed by atoms with Gasteiger partial charge < -0.3 is 19.5 Å². The molecule has 2 aliphatic rings. The summed E-state index contributed by atoms with van der Waals surface area (Å²) in [6.45, 7) is 2.17. The van der Waals surface area contributed by atoms with E-state index in [2.05, 4.69) is 0 Å². The largest absolute Gasteiger partial charge is 0.388 e. The first kappa shape index (κ1) is 12.8. The molecular formula is C12H21NO4. The van der Waals surface area contributed by atoms with E-state index in [1.165, 1.54) is 0 Å². The Morgan fingerprint density at radius 2 is 2.12 bits per heavy atom. The Hall–Kier alpha value is -0.650. The molecule has 2 saturated heterocycles. The molecule has 2 rings (SSSR count). The summed E-state index contributed by atoms with van der Waals surface area (Å²) in [7, 11) is 1.73. The molecule has 2 aliphatic heterocycles. The SMILES string of the molecule is CN(CC1(O)CCOCC1)C(=O)[C@H]1CCCO1. The lowest BCUT2D eigenvalue weighted by molar-refractivity contribution is -0.145. The monoisotopic (exact) mass is 243 g/mol. The predicted molar refractivity (Wildman–Crippen MR) is 61.6 cm³/mol. The topological polar surface area (TPSA) is 59.0 Å². The van der Waals surface area contributed by atoms with E-state index >= 15 is 0 Å². The number of aliphatic hydroxyl groups is 1. The van der Waals surface area contributed by atoms with Crippen LogP contribution in [0.15, 0.2) is 0 Å². The van der Waals surface area contributed by atoms with Crippen molar-refractivity contribution in [3.63, 3.8) is 0 Å². The van der Waals surface area contributed by atoms with Crippen molar-refractivity contribution in [2.24, 2.45) is 0 Å². The zero-order chi connectivity index (χ0) is 12.3. The minimum atomic E-state index is -0.790. The fourth-order valence-corrected chi connectivity index (χ4v) is 2.45. The zero-order valence-corrected chi connectivity index (χ0v) is 10.4. The average Bonchev–Trinajstić information content (AvgIpc) is 2.81. The normalized spacial score (nSPS) is 28.0. The van der Waals surface area contributed by atoms with Gasteiger partial charge in [0, 0.05) is 46.3 Å². The highest BCUT2D eigenvalue weighted by molar-refractivity contribution is 5.81. The second-order valence-electron chi connectivity index (χ2n) is 5.03. The van der Waals surface area contributed by atoms with E-state index in [9.17, 15) is 9.90 Å². The third-order valence-corrected chi connectivity index (χ3v) is 3.54. The Morgan fingerprint density at radius 3 is 2.71 bits per heavy atom. The first-order valence-electron chi connectivity index (χ1n) is 6.27. The van der Waals surface area contributed by atoms with Gasteiger partial charge >= 0.3 is 0 Å². The minimum absolute atomic E-state index is 0.0117. The summed E-state index contributed by atoms with van der Waals surface area (Å²) in [5, 5.41) is 10.3. The summed E-state index contributed by atoms with van der Waals surface area (Å²) in [5.74, 6) is -0.0117. The second kappa shape index (κ2) is 5.33. The van der Waals surface area contributed by atoms with Crippen LogP contribution in [-0.4, -0.2) is 61.0 Å². The Bertz CT molecular complexity index is 270. The Morgan fingerprint density at radius 1 is 1.41 bits per heavy atom. The molecule has 0 aromatic rings. The van der Waals surface area contributed by atoms with Gasteiger partial charge in [0.15, 0.2) is 0 Å². The molecule has 5 heteroatoms. The van der Waals surface area contributed by atoms with E-state index in [1.807, 2.05) is 0 Å². The molecule has 17 heavy (non-hydrogen) atoms. The third-order valence-electron chi connectivity index (χ3n) is 3.54. The molecule has 5 nitrogen and oxygen atoms in total. The van der Waals surface area contributed by atoms with Crippen LogP contribution in [0.25, 0.3) is 0 Å². The van der Waals surface area contributed by atoms with Crippen LogP contribution in [0.5, 0.6) is 0 Å². The van der Waals surface area contributed by atoms with Gasteiger partial charge in [-0.1, -0.05) is 0 Å². The Labute approximate surface area is 102 Å². The number of rotatable bonds is 3. The lowest BCUT2D eigenvalue weighted by Gasteiger charge is -2.36. The molecule has 1 atom stereocenters. The quantitative estimate of drug-likeness (QED) is 0.767. The molecule has 0 aliphatic carbocycles. The number of carbonyl (C=O) groups excluding carboxylic acids is 1. The van der Waals surface area contributed by atoms with Crippen LogP contribution < -0.4 is 0 Å². The number of hydrogen-bond donors (Lipinski definition) is 1. The van der Waals surface area contributed by atoms with E-state index in [0.717, 1.165) is 12.8 Å². The van der Waals surface area contributed by atoms with Gasteiger partial charge in [-0.2, -0.15) is 0 Å². The van der Waals surface area contributed by atoms with Crippen LogP contribution in [0.2, 0.25) is 0 Å². The van der Waals surface area contributed by atoms with Crippen molar-refractivity contribution in [2.45, 2.75) is 37.4 Å². The average molecular weight is 243 g/mol. The van der Waals surface area contributed by atoms with Crippen molar-refractivity contribution in [1.82, 2.24) is 4.90 Å². The van der Waals surface area contributed by atoms with Gasteiger partial charge in [-0.25, -0.2) is 0 Å². The highest BCUT2D eigenvalue weighted by atomic mass is 16.5. The maximum absolute atomic E-state index is 12.0. The summed E-state index contributed by atoms with van der Waals surface area (Å²) < 4.78 is 10.6. The number of ether oxygens (including phenoxy) is 2. The number of nitrogens with zero attached hydrogens (tertiary/aromatic N) is 1. The van der Waals surface area contributed by atoms with Crippen LogP contribution in [0, 0.1) is 0 Å². The molecular weight excluding hydrogens is 222 g/mol. The van der Waals surface area contributed by atoms with Crippen LogP contribution in [0.1, 0.15) is 25.7 Å². The van der Waals surface area contributed by atoms with Gasteiger partial charge in [-0.05, 0) is 12.8 Å². The second-order valence-corrected chi connectivity index (χ2v) is 5.03. The lowest BCUT2D eigenvalue weighted by Crippen LogP contribution is -2.49. The van der Waals surface area contributed by atoms with Gasteiger partial charge in [0.1, 0.15) is 6.10 Å². The predicted octanol–water partition coefficient (Wildman–Crippen LogP) is 0.165. The number of likely N-dealkylation sites (N-methyl/N-ethyl adjacent to an activating group) is 1. The van der Waals surface area contributed by atoms with Crippen molar-refractivity contribution in [3.8, 4) is 0 Å². The molecule has 0 unspecified atom stereocenters. The Balaban J connectivity index is 1.86. The maximum Gasteiger partial charge on any atom is 0.251 e. The smallest absolute Gasteiger partial charge is 0.251 e. The van der Waals surface area contributed by atoms with Crippen molar-refractivity contribution in [3.05, 3.63) is 0 Å². The van der Waals surface area contributed by atoms with Crippen molar-refractivity contribution < 1.29 is 19.4 Å². The van der Waals surface area contributed by atoms with Crippen LogP contribution in [-0.2, 0) is 14.3 Å². The highest BCUT2D eigenvalue weighted by Crippen LogP contribution is 2.22. The zero-order valence-electron chi connectivity index (χ0n) is 10.4. The van der Waals surface area contributed by atoms with Crippen molar-refractivity contribution in [1.29, 1.82) is 0 Å². The van der Waals surface area contributed by atoms with Crippen molar-refractivity contribution >= 4 is 5.91 Å². The van der Waals surface area contributed by atoms with Crippen LogP contribution >= 0.6 is 0 Å². The molecule has 98 valence electrons.